The summed E-state index contributed by atoms with van der Waals surface area (Å²) in [7, 11) is 0. The van der Waals surface area contributed by atoms with Crippen molar-refractivity contribution in [1.82, 2.24) is 10.6 Å². The molecule has 1 fully saturated rings. The summed E-state index contributed by atoms with van der Waals surface area (Å²) in [5, 5.41) is 6.72. The minimum Gasteiger partial charge on any atom is -0.378 e. The van der Waals surface area contributed by atoms with Gasteiger partial charge in [0.05, 0.1) is 12.6 Å². The summed E-state index contributed by atoms with van der Waals surface area (Å²) in [6.07, 6.45) is 1.57. The van der Waals surface area contributed by atoms with Crippen LogP contribution in [0.4, 0.5) is 0 Å². The molecule has 0 radical (unpaired) electrons. The van der Waals surface area contributed by atoms with Crippen molar-refractivity contribution < 1.29 is 4.74 Å². The zero-order valence-corrected chi connectivity index (χ0v) is 10.5. The predicted molar refractivity (Wildman–Crippen MR) is 65.6 cm³/mol. The molecule has 3 atom stereocenters. The molecule has 2 rings (SSSR count). The van der Waals surface area contributed by atoms with Gasteiger partial charge in [0.15, 0.2) is 5.96 Å². The molecule has 4 nitrogen and oxygen atoms in total. The molecular formula is C12H23N3O. The molecule has 3 unspecified atom stereocenters. The zero-order chi connectivity index (χ0) is 11.5. The van der Waals surface area contributed by atoms with Gasteiger partial charge in [-0.15, -0.1) is 0 Å². The van der Waals surface area contributed by atoms with E-state index in [1.165, 1.54) is 6.42 Å². The third-order valence-corrected chi connectivity index (χ3v) is 3.36. The number of hydrogen-bond acceptors (Lipinski definition) is 4. The second-order valence-electron chi connectivity index (χ2n) is 5.24. The number of nitrogens with zero attached hydrogens (tertiary/aromatic N) is 1. The first-order chi connectivity index (χ1) is 7.66. The molecule has 2 heterocycles. The Morgan fingerprint density at radius 3 is 3.00 bits per heavy atom. The van der Waals surface area contributed by atoms with E-state index in [1.54, 1.807) is 0 Å². The lowest BCUT2D eigenvalue weighted by Gasteiger charge is -2.22. The van der Waals surface area contributed by atoms with Crippen molar-refractivity contribution in [2.45, 2.75) is 39.3 Å². The quantitative estimate of drug-likeness (QED) is 0.753. The molecule has 2 N–H and O–H groups in total. The molecule has 0 aromatic carbocycles. The Balaban J connectivity index is 1.77. The summed E-state index contributed by atoms with van der Waals surface area (Å²) in [4.78, 5) is 4.40. The van der Waals surface area contributed by atoms with E-state index in [9.17, 15) is 0 Å². The van der Waals surface area contributed by atoms with Crippen LogP contribution < -0.4 is 10.6 Å². The highest BCUT2D eigenvalue weighted by atomic mass is 16.5. The van der Waals surface area contributed by atoms with Crippen LogP contribution in [0.5, 0.6) is 0 Å². The van der Waals surface area contributed by atoms with E-state index in [2.05, 4.69) is 36.4 Å². The normalized spacial score (nSPS) is 34.0. The Hall–Kier alpha value is -0.770. The highest BCUT2D eigenvalue weighted by molar-refractivity contribution is 5.81. The fraction of sp³-hybridized carbons (Fsp3) is 0.917. The van der Waals surface area contributed by atoms with Gasteiger partial charge in [-0.05, 0) is 19.3 Å². The maximum Gasteiger partial charge on any atom is 0.191 e. The number of hydrogen-bond donors (Lipinski definition) is 2. The third-order valence-electron chi connectivity index (χ3n) is 3.36. The summed E-state index contributed by atoms with van der Waals surface area (Å²) in [5.41, 5.74) is 0. The van der Waals surface area contributed by atoms with Crippen molar-refractivity contribution in [2.75, 3.05) is 19.7 Å². The van der Waals surface area contributed by atoms with Crippen LogP contribution in [0.3, 0.4) is 0 Å². The molecule has 0 spiro atoms. The van der Waals surface area contributed by atoms with Gasteiger partial charge in [-0.25, -0.2) is 0 Å². The Bertz CT molecular complexity index is 265. The summed E-state index contributed by atoms with van der Waals surface area (Å²) >= 11 is 0. The van der Waals surface area contributed by atoms with Crippen LogP contribution >= 0.6 is 0 Å². The maximum absolute atomic E-state index is 5.76. The smallest absolute Gasteiger partial charge is 0.191 e. The van der Waals surface area contributed by atoms with Gasteiger partial charge in [0.25, 0.3) is 0 Å². The largest absolute Gasteiger partial charge is 0.378 e. The molecule has 4 heteroatoms. The average molecular weight is 225 g/mol. The third kappa shape index (κ3) is 2.67. The van der Waals surface area contributed by atoms with Gasteiger partial charge in [-0.1, -0.05) is 13.8 Å². The topological polar surface area (TPSA) is 45.7 Å². The molecule has 92 valence electrons. The van der Waals surface area contributed by atoms with Crippen molar-refractivity contribution in [3.8, 4) is 0 Å². The summed E-state index contributed by atoms with van der Waals surface area (Å²) in [6.45, 7) is 9.38. The van der Waals surface area contributed by atoms with Gasteiger partial charge in [0.2, 0.25) is 0 Å². The standard InChI is InChI=1S/C12H23N3O/c1-8(2)11-10(4-5-16-11)7-14-12-13-6-9(3)15-12/h8-11H,4-7H2,1-3H3,(H2,13,14,15). The second-order valence-corrected chi connectivity index (χ2v) is 5.24. The van der Waals surface area contributed by atoms with Crippen molar-refractivity contribution in [2.24, 2.45) is 16.8 Å². The molecule has 0 bridgehead atoms. The van der Waals surface area contributed by atoms with Crippen LogP contribution in [0, 0.1) is 11.8 Å². The van der Waals surface area contributed by atoms with Crippen molar-refractivity contribution in [3.05, 3.63) is 0 Å². The lowest BCUT2D eigenvalue weighted by atomic mass is 9.93. The highest BCUT2D eigenvalue weighted by Gasteiger charge is 2.30. The Morgan fingerprint density at radius 2 is 2.38 bits per heavy atom. The minimum absolute atomic E-state index is 0.409. The van der Waals surface area contributed by atoms with Gasteiger partial charge in [-0.2, -0.15) is 0 Å². The van der Waals surface area contributed by atoms with Gasteiger partial charge >= 0.3 is 0 Å². The van der Waals surface area contributed by atoms with E-state index in [0.717, 1.165) is 25.7 Å². The lowest BCUT2D eigenvalue weighted by Crippen LogP contribution is -2.41. The summed E-state index contributed by atoms with van der Waals surface area (Å²) in [5.74, 6) is 2.19. The minimum atomic E-state index is 0.409. The summed E-state index contributed by atoms with van der Waals surface area (Å²) < 4.78 is 5.76. The molecule has 0 aromatic rings. The van der Waals surface area contributed by atoms with Crippen LogP contribution in [0.1, 0.15) is 27.2 Å². The first-order valence-corrected chi connectivity index (χ1v) is 6.33. The molecule has 2 aliphatic rings. The predicted octanol–water partition coefficient (Wildman–Crippen LogP) is 0.985. The number of rotatable bonds is 3. The van der Waals surface area contributed by atoms with Crippen LogP contribution in [-0.2, 0) is 4.74 Å². The number of nitrogens with one attached hydrogen (secondary N) is 2. The monoisotopic (exact) mass is 225 g/mol. The second kappa shape index (κ2) is 5.04. The SMILES string of the molecule is CC1CN=C(NCC2CCOC2C(C)C)N1. The van der Waals surface area contributed by atoms with E-state index >= 15 is 0 Å². The molecule has 2 aliphatic heterocycles. The first kappa shape index (κ1) is 11.7. The van der Waals surface area contributed by atoms with E-state index in [0.29, 0.717) is 24.0 Å². The molecule has 1 saturated heterocycles. The molecule has 16 heavy (non-hydrogen) atoms. The van der Waals surface area contributed by atoms with Gasteiger partial charge in [-0.3, -0.25) is 4.99 Å². The van der Waals surface area contributed by atoms with E-state index in [-0.39, 0.29) is 0 Å². The molecule has 0 aromatic heterocycles. The van der Waals surface area contributed by atoms with Crippen molar-refractivity contribution in [1.29, 1.82) is 0 Å². The Kier molecular flexibility index (Phi) is 3.69. The highest BCUT2D eigenvalue weighted by Crippen LogP contribution is 2.26. The van der Waals surface area contributed by atoms with Gasteiger partial charge in [0, 0.05) is 25.1 Å². The lowest BCUT2D eigenvalue weighted by molar-refractivity contribution is 0.0549. The zero-order valence-electron chi connectivity index (χ0n) is 10.5. The Morgan fingerprint density at radius 1 is 1.56 bits per heavy atom. The van der Waals surface area contributed by atoms with Crippen LogP contribution in [-0.4, -0.2) is 37.8 Å². The average Bonchev–Trinajstić information content (AvgIpc) is 2.83. The summed E-state index contributed by atoms with van der Waals surface area (Å²) in [6, 6.07) is 0.475. The number of ether oxygens (including phenoxy) is 1. The van der Waals surface area contributed by atoms with Crippen molar-refractivity contribution in [3.63, 3.8) is 0 Å². The van der Waals surface area contributed by atoms with E-state index in [4.69, 9.17) is 4.74 Å². The van der Waals surface area contributed by atoms with Crippen LogP contribution in [0.15, 0.2) is 4.99 Å². The number of aliphatic imine (C=N–C) groups is 1. The molecule has 0 saturated carbocycles. The fourth-order valence-electron chi connectivity index (χ4n) is 2.50. The van der Waals surface area contributed by atoms with Crippen LogP contribution in [0.25, 0.3) is 0 Å². The van der Waals surface area contributed by atoms with Crippen LogP contribution in [0.2, 0.25) is 0 Å². The van der Waals surface area contributed by atoms with Gasteiger partial charge < -0.3 is 15.4 Å². The Labute approximate surface area is 97.9 Å². The molecule has 0 amide bonds. The first-order valence-electron chi connectivity index (χ1n) is 6.33. The maximum atomic E-state index is 5.76. The van der Waals surface area contributed by atoms with E-state index in [1.807, 2.05) is 0 Å². The van der Waals surface area contributed by atoms with E-state index < -0.39 is 0 Å². The van der Waals surface area contributed by atoms with Gasteiger partial charge in [0.1, 0.15) is 0 Å². The fourth-order valence-corrected chi connectivity index (χ4v) is 2.50. The van der Waals surface area contributed by atoms with Crippen molar-refractivity contribution >= 4 is 5.96 Å². The molecule has 0 aliphatic carbocycles. The number of guanidine groups is 1. The molecular weight excluding hydrogens is 202 g/mol.